The highest BCUT2D eigenvalue weighted by molar-refractivity contribution is 14.0. The van der Waals surface area contributed by atoms with E-state index in [9.17, 15) is 5.11 Å². The highest BCUT2D eigenvalue weighted by Gasteiger charge is 2.41. The number of aliphatic hydroxyl groups excluding tert-OH is 1. The summed E-state index contributed by atoms with van der Waals surface area (Å²) in [4.78, 5) is 7.32. The first-order chi connectivity index (χ1) is 10.2. The van der Waals surface area contributed by atoms with Crippen LogP contribution in [0.2, 0.25) is 0 Å². The molecule has 4 nitrogen and oxygen atoms in total. The molecule has 0 radical (unpaired) electrons. The van der Waals surface area contributed by atoms with Gasteiger partial charge in [0.25, 0.3) is 0 Å². The second-order valence-corrected chi connectivity index (χ2v) is 7.33. The van der Waals surface area contributed by atoms with Crippen molar-refractivity contribution in [1.29, 1.82) is 0 Å². The smallest absolute Gasteiger partial charge is 0.193 e. The lowest BCUT2D eigenvalue weighted by atomic mass is 9.86. The van der Waals surface area contributed by atoms with Crippen LogP contribution < -0.4 is 5.32 Å². The SMILES string of the molecule is CCNC(=NCC1CCCC1O)N1CCC2(CCCC2)C1.I. The highest BCUT2D eigenvalue weighted by atomic mass is 127. The van der Waals surface area contributed by atoms with Crippen LogP contribution in [0.25, 0.3) is 0 Å². The molecule has 1 aliphatic heterocycles. The molecule has 1 saturated heterocycles. The fourth-order valence-electron chi connectivity index (χ4n) is 4.51. The summed E-state index contributed by atoms with van der Waals surface area (Å²) in [6.45, 7) is 6.19. The molecule has 2 atom stereocenters. The molecule has 0 aromatic heterocycles. The van der Waals surface area contributed by atoms with Gasteiger partial charge < -0.3 is 15.3 Å². The Morgan fingerprint density at radius 1 is 1.23 bits per heavy atom. The number of aliphatic hydroxyl groups is 1. The van der Waals surface area contributed by atoms with Gasteiger partial charge in [-0.25, -0.2) is 0 Å². The molecule has 2 aliphatic carbocycles. The number of aliphatic imine (C=N–C) groups is 1. The van der Waals surface area contributed by atoms with Gasteiger partial charge in [-0.3, -0.25) is 4.99 Å². The minimum atomic E-state index is -0.128. The van der Waals surface area contributed by atoms with Gasteiger partial charge in [0.15, 0.2) is 5.96 Å². The normalized spacial score (nSPS) is 30.8. The lowest BCUT2D eigenvalue weighted by Crippen LogP contribution is -2.41. The molecule has 0 amide bonds. The van der Waals surface area contributed by atoms with Crippen molar-refractivity contribution in [3.05, 3.63) is 0 Å². The van der Waals surface area contributed by atoms with Gasteiger partial charge in [-0.15, -0.1) is 24.0 Å². The fourth-order valence-corrected chi connectivity index (χ4v) is 4.51. The van der Waals surface area contributed by atoms with Gasteiger partial charge in [-0.1, -0.05) is 19.3 Å². The zero-order valence-electron chi connectivity index (χ0n) is 13.9. The van der Waals surface area contributed by atoms with Gasteiger partial charge in [0.05, 0.1) is 6.10 Å². The van der Waals surface area contributed by atoms with E-state index in [4.69, 9.17) is 4.99 Å². The quantitative estimate of drug-likeness (QED) is 0.419. The maximum Gasteiger partial charge on any atom is 0.193 e. The number of guanidine groups is 1. The molecule has 0 aromatic rings. The van der Waals surface area contributed by atoms with E-state index in [1.807, 2.05) is 0 Å². The van der Waals surface area contributed by atoms with Gasteiger partial charge in [0.2, 0.25) is 0 Å². The summed E-state index contributed by atoms with van der Waals surface area (Å²) in [5.74, 6) is 1.46. The molecular formula is C17H32IN3O. The Kier molecular flexibility index (Phi) is 6.80. The number of hydrogen-bond acceptors (Lipinski definition) is 2. The van der Waals surface area contributed by atoms with Crippen LogP contribution in [0.1, 0.15) is 58.3 Å². The van der Waals surface area contributed by atoms with Gasteiger partial charge in [-0.05, 0) is 44.4 Å². The van der Waals surface area contributed by atoms with Crippen molar-refractivity contribution in [3.8, 4) is 0 Å². The minimum Gasteiger partial charge on any atom is -0.393 e. The summed E-state index contributed by atoms with van der Waals surface area (Å²) >= 11 is 0. The van der Waals surface area contributed by atoms with E-state index in [0.717, 1.165) is 44.9 Å². The number of nitrogens with one attached hydrogen (secondary N) is 1. The average Bonchev–Trinajstić information content (AvgIpc) is 3.19. The summed E-state index contributed by atoms with van der Waals surface area (Å²) in [6, 6.07) is 0. The largest absolute Gasteiger partial charge is 0.393 e. The maximum absolute atomic E-state index is 9.96. The predicted octanol–water partition coefficient (Wildman–Crippen LogP) is 3.00. The third-order valence-electron chi connectivity index (χ3n) is 5.83. The van der Waals surface area contributed by atoms with Crippen LogP contribution in [0.5, 0.6) is 0 Å². The highest BCUT2D eigenvalue weighted by Crippen LogP contribution is 2.45. The molecule has 5 heteroatoms. The Balaban J connectivity index is 0.00000176. The van der Waals surface area contributed by atoms with E-state index in [2.05, 4.69) is 17.1 Å². The molecule has 2 unspecified atom stereocenters. The number of halogens is 1. The molecule has 2 N–H and O–H groups in total. The van der Waals surface area contributed by atoms with Crippen LogP contribution in [0, 0.1) is 11.3 Å². The van der Waals surface area contributed by atoms with Crippen LogP contribution in [-0.4, -0.2) is 48.2 Å². The Hall–Kier alpha value is -0.0400. The minimum absolute atomic E-state index is 0. The van der Waals surface area contributed by atoms with Crippen molar-refractivity contribution in [2.45, 2.75) is 64.4 Å². The molecule has 3 aliphatic rings. The number of nitrogens with zero attached hydrogens (tertiary/aromatic N) is 2. The molecule has 1 spiro atoms. The van der Waals surface area contributed by atoms with E-state index in [0.29, 0.717) is 11.3 Å². The molecule has 128 valence electrons. The monoisotopic (exact) mass is 421 g/mol. The molecule has 2 saturated carbocycles. The first kappa shape index (κ1) is 18.3. The fraction of sp³-hybridized carbons (Fsp3) is 0.941. The zero-order chi connectivity index (χ0) is 14.7. The lowest BCUT2D eigenvalue weighted by Gasteiger charge is -2.26. The first-order valence-corrected chi connectivity index (χ1v) is 8.94. The van der Waals surface area contributed by atoms with E-state index >= 15 is 0 Å². The summed E-state index contributed by atoms with van der Waals surface area (Å²) in [5.41, 5.74) is 0.586. The topological polar surface area (TPSA) is 47.9 Å². The standard InChI is InChI=1S/C17H31N3O.HI/c1-2-18-16(19-12-14-6-5-7-15(14)21)20-11-10-17(13-20)8-3-4-9-17;/h14-15,21H,2-13H2,1H3,(H,18,19);1H. The van der Waals surface area contributed by atoms with Crippen LogP contribution in [0.4, 0.5) is 0 Å². The van der Waals surface area contributed by atoms with Gasteiger partial charge in [-0.2, -0.15) is 0 Å². The van der Waals surface area contributed by atoms with Gasteiger partial charge >= 0.3 is 0 Å². The first-order valence-electron chi connectivity index (χ1n) is 8.94. The third kappa shape index (κ3) is 4.08. The third-order valence-corrected chi connectivity index (χ3v) is 5.83. The van der Waals surface area contributed by atoms with Crippen molar-refractivity contribution in [1.82, 2.24) is 10.2 Å². The Bertz CT molecular complexity index is 382. The van der Waals surface area contributed by atoms with Crippen molar-refractivity contribution in [3.63, 3.8) is 0 Å². The Morgan fingerprint density at radius 3 is 2.64 bits per heavy atom. The van der Waals surface area contributed by atoms with E-state index in [1.54, 1.807) is 0 Å². The van der Waals surface area contributed by atoms with Crippen LogP contribution >= 0.6 is 24.0 Å². The van der Waals surface area contributed by atoms with E-state index in [-0.39, 0.29) is 30.1 Å². The van der Waals surface area contributed by atoms with Crippen LogP contribution in [0.15, 0.2) is 4.99 Å². The van der Waals surface area contributed by atoms with E-state index in [1.165, 1.54) is 38.6 Å². The molecule has 1 heterocycles. The summed E-state index contributed by atoms with van der Waals surface area (Å²) in [6.07, 6.45) is 10.1. The Labute approximate surface area is 152 Å². The van der Waals surface area contributed by atoms with Crippen LogP contribution in [0.3, 0.4) is 0 Å². The second kappa shape index (κ2) is 8.18. The molecule has 0 bridgehead atoms. The number of likely N-dealkylation sites (tertiary alicyclic amines) is 1. The second-order valence-electron chi connectivity index (χ2n) is 7.33. The average molecular weight is 421 g/mol. The van der Waals surface area contributed by atoms with E-state index < -0.39 is 0 Å². The molecule has 3 fully saturated rings. The summed E-state index contributed by atoms with van der Waals surface area (Å²) < 4.78 is 0. The Morgan fingerprint density at radius 2 is 2.00 bits per heavy atom. The van der Waals surface area contributed by atoms with Crippen molar-refractivity contribution in [2.24, 2.45) is 16.3 Å². The molecule has 0 aromatic carbocycles. The van der Waals surface area contributed by atoms with Crippen molar-refractivity contribution < 1.29 is 5.11 Å². The maximum atomic E-state index is 9.96. The number of rotatable bonds is 3. The predicted molar refractivity (Wildman–Crippen MR) is 102 cm³/mol. The zero-order valence-corrected chi connectivity index (χ0v) is 16.2. The van der Waals surface area contributed by atoms with Gasteiger partial charge in [0.1, 0.15) is 0 Å². The lowest BCUT2D eigenvalue weighted by molar-refractivity contribution is 0.136. The van der Waals surface area contributed by atoms with Crippen molar-refractivity contribution >= 4 is 29.9 Å². The molecule has 3 rings (SSSR count). The van der Waals surface area contributed by atoms with Crippen LogP contribution in [-0.2, 0) is 0 Å². The molecular weight excluding hydrogens is 389 g/mol. The van der Waals surface area contributed by atoms with Crippen molar-refractivity contribution in [2.75, 3.05) is 26.2 Å². The summed E-state index contributed by atoms with van der Waals surface area (Å²) in [5, 5.41) is 13.4. The number of hydrogen-bond donors (Lipinski definition) is 2. The van der Waals surface area contributed by atoms with Gasteiger partial charge in [0, 0.05) is 32.1 Å². The molecule has 22 heavy (non-hydrogen) atoms. The summed E-state index contributed by atoms with van der Waals surface area (Å²) in [7, 11) is 0.